The fraction of sp³-hybridized carbons (Fsp3) is 0.385. The highest BCUT2D eigenvalue weighted by Crippen LogP contribution is 2.29. The van der Waals surface area contributed by atoms with Gasteiger partial charge < -0.3 is 10.0 Å². The average Bonchev–Trinajstić information content (AvgIpc) is 2.39. The van der Waals surface area contributed by atoms with E-state index in [0.717, 1.165) is 0 Å². The molecule has 0 saturated heterocycles. The highest BCUT2D eigenvalue weighted by Gasteiger charge is 2.20. The summed E-state index contributed by atoms with van der Waals surface area (Å²) in [6, 6.07) is 4.89. The van der Waals surface area contributed by atoms with Gasteiger partial charge >= 0.3 is 5.97 Å². The first-order chi connectivity index (χ1) is 8.92. The van der Waals surface area contributed by atoms with Crippen LogP contribution >= 0.6 is 15.9 Å². The molecule has 0 bridgehead atoms. The fourth-order valence-electron chi connectivity index (χ4n) is 1.68. The summed E-state index contributed by atoms with van der Waals surface area (Å²) in [7, 11) is 0. The lowest BCUT2D eigenvalue weighted by atomic mass is 10.1. The van der Waals surface area contributed by atoms with Crippen molar-refractivity contribution in [3.05, 3.63) is 28.0 Å². The molecule has 0 amide bonds. The summed E-state index contributed by atoms with van der Waals surface area (Å²) in [6.45, 7) is 4.08. The molecule has 0 aliphatic heterocycles. The normalized spacial score (nSPS) is 11.7. The van der Waals surface area contributed by atoms with Gasteiger partial charge in [0.05, 0.1) is 21.6 Å². The third-order valence-electron chi connectivity index (χ3n) is 2.82. The zero-order valence-electron chi connectivity index (χ0n) is 10.7. The summed E-state index contributed by atoms with van der Waals surface area (Å²) in [5, 5.41) is 17.7. The van der Waals surface area contributed by atoms with Crippen molar-refractivity contribution in [2.45, 2.75) is 13.8 Å². The van der Waals surface area contributed by atoms with E-state index >= 15 is 0 Å². The van der Waals surface area contributed by atoms with Crippen LogP contribution in [-0.2, 0) is 4.79 Å². The molecule has 0 spiro atoms. The number of carbonyl (C=O) groups is 1. The molecule has 0 aliphatic rings. The second-order valence-corrected chi connectivity index (χ2v) is 4.94. The van der Waals surface area contributed by atoms with Gasteiger partial charge in [-0.25, -0.2) is 4.39 Å². The lowest BCUT2D eigenvalue weighted by Gasteiger charge is -2.26. The Morgan fingerprint density at radius 3 is 2.74 bits per heavy atom. The van der Waals surface area contributed by atoms with E-state index in [4.69, 9.17) is 10.4 Å². The van der Waals surface area contributed by atoms with Gasteiger partial charge in [0.15, 0.2) is 5.82 Å². The molecule has 0 heterocycles. The second-order valence-electron chi connectivity index (χ2n) is 4.15. The van der Waals surface area contributed by atoms with Crippen LogP contribution in [-0.4, -0.2) is 24.2 Å². The van der Waals surface area contributed by atoms with Crippen LogP contribution in [0.1, 0.15) is 19.4 Å². The van der Waals surface area contributed by atoms with E-state index in [1.54, 1.807) is 11.8 Å². The Bertz CT molecular complexity index is 528. The van der Waals surface area contributed by atoms with Gasteiger partial charge in [0, 0.05) is 13.1 Å². The standard InChI is InChI=1S/C13H14BrFN2O2/c1-3-17(7-8(2)13(18)19)10-5-4-9(6-16)11(14)12(10)15/h4-5,8H,3,7H2,1-2H3,(H,18,19). The van der Waals surface area contributed by atoms with Crippen LogP contribution in [0.5, 0.6) is 0 Å². The van der Waals surface area contributed by atoms with E-state index in [1.807, 2.05) is 13.0 Å². The van der Waals surface area contributed by atoms with Crippen molar-refractivity contribution in [3.8, 4) is 6.07 Å². The maximum Gasteiger partial charge on any atom is 0.308 e. The fourth-order valence-corrected chi connectivity index (χ4v) is 2.10. The lowest BCUT2D eigenvalue weighted by molar-refractivity contribution is -0.140. The SMILES string of the molecule is CCN(CC(C)C(=O)O)c1ccc(C#N)c(Br)c1F. The third kappa shape index (κ3) is 3.44. The predicted molar refractivity (Wildman–Crippen MR) is 73.5 cm³/mol. The van der Waals surface area contributed by atoms with Gasteiger partial charge in [-0.1, -0.05) is 6.92 Å². The van der Waals surface area contributed by atoms with Gasteiger partial charge in [0.25, 0.3) is 0 Å². The molecule has 0 fully saturated rings. The number of halogens is 2. The van der Waals surface area contributed by atoms with E-state index in [0.29, 0.717) is 12.2 Å². The van der Waals surface area contributed by atoms with Crippen molar-refractivity contribution in [2.75, 3.05) is 18.0 Å². The molecule has 6 heteroatoms. The molecule has 1 atom stereocenters. The zero-order chi connectivity index (χ0) is 14.6. The first-order valence-electron chi connectivity index (χ1n) is 5.78. The van der Waals surface area contributed by atoms with Gasteiger partial charge in [-0.3, -0.25) is 4.79 Å². The van der Waals surface area contributed by atoms with E-state index in [-0.39, 0.29) is 16.6 Å². The molecule has 0 aromatic heterocycles. The minimum Gasteiger partial charge on any atom is -0.481 e. The summed E-state index contributed by atoms with van der Waals surface area (Å²) in [5.41, 5.74) is 0.505. The van der Waals surface area contributed by atoms with Gasteiger partial charge in [0.1, 0.15) is 6.07 Å². The highest BCUT2D eigenvalue weighted by atomic mass is 79.9. The second kappa shape index (κ2) is 6.53. The van der Waals surface area contributed by atoms with Gasteiger partial charge in [0.2, 0.25) is 0 Å². The smallest absolute Gasteiger partial charge is 0.308 e. The molecule has 0 radical (unpaired) electrons. The Hall–Kier alpha value is -1.61. The number of carboxylic acid groups (broad SMARTS) is 1. The largest absolute Gasteiger partial charge is 0.481 e. The van der Waals surface area contributed by atoms with Crippen molar-refractivity contribution < 1.29 is 14.3 Å². The Morgan fingerprint density at radius 1 is 1.63 bits per heavy atom. The summed E-state index contributed by atoms with van der Waals surface area (Å²) in [5.74, 6) is -2.07. The maximum absolute atomic E-state index is 14.2. The quantitative estimate of drug-likeness (QED) is 0.902. The molecule has 1 aromatic carbocycles. The topological polar surface area (TPSA) is 64.3 Å². The summed E-state index contributed by atoms with van der Waals surface area (Å²) < 4.78 is 14.3. The average molecular weight is 329 g/mol. The molecular formula is C13H14BrFN2O2. The van der Waals surface area contributed by atoms with Crippen LogP contribution in [0.2, 0.25) is 0 Å². The summed E-state index contributed by atoms with van der Waals surface area (Å²) >= 11 is 3.04. The number of nitriles is 1. The van der Waals surface area contributed by atoms with Crippen molar-refractivity contribution in [3.63, 3.8) is 0 Å². The Kier molecular flexibility index (Phi) is 5.31. The molecule has 1 aromatic rings. The van der Waals surface area contributed by atoms with Crippen molar-refractivity contribution >= 4 is 27.6 Å². The van der Waals surface area contributed by atoms with Gasteiger partial charge in [-0.05, 0) is 35.0 Å². The van der Waals surface area contributed by atoms with Crippen molar-refractivity contribution in [2.24, 2.45) is 5.92 Å². The molecule has 102 valence electrons. The van der Waals surface area contributed by atoms with E-state index in [9.17, 15) is 9.18 Å². The number of anilines is 1. The number of rotatable bonds is 5. The minimum absolute atomic E-state index is 0.105. The lowest BCUT2D eigenvalue weighted by Crippen LogP contribution is -2.32. The third-order valence-corrected chi connectivity index (χ3v) is 3.60. The van der Waals surface area contributed by atoms with Crippen LogP contribution in [0.25, 0.3) is 0 Å². The molecule has 4 nitrogen and oxygen atoms in total. The minimum atomic E-state index is -0.924. The molecule has 1 N–H and O–H groups in total. The number of aliphatic carboxylic acids is 1. The first-order valence-corrected chi connectivity index (χ1v) is 6.57. The van der Waals surface area contributed by atoms with Crippen molar-refractivity contribution in [1.82, 2.24) is 0 Å². The highest BCUT2D eigenvalue weighted by molar-refractivity contribution is 9.10. The summed E-state index contributed by atoms with van der Waals surface area (Å²) in [4.78, 5) is 12.5. The monoisotopic (exact) mass is 328 g/mol. The predicted octanol–water partition coefficient (Wildman–Crippen LogP) is 3.01. The van der Waals surface area contributed by atoms with Gasteiger partial charge in [-0.2, -0.15) is 5.26 Å². The van der Waals surface area contributed by atoms with Crippen LogP contribution in [0.3, 0.4) is 0 Å². The molecule has 1 unspecified atom stereocenters. The van der Waals surface area contributed by atoms with Crippen LogP contribution in [0, 0.1) is 23.1 Å². The maximum atomic E-state index is 14.2. The van der Waals surface area contributed by atoms with E-state index in [1.165, 1.54) is 12.1 Å². The van der Waals surface area contributed by atoms with Crippen LogP contribution < -0.4 is 4.90 Å². The number of hydrogen-bond donors (Lipinski definition) is 1. The Morgan fingerprint density at radius 2 is 2.26 bits per heavy atom. The molecule has 19 heavy (non-hydrogen) atoms. The molecule has 0 saturated carbocycles. The zero-order valence-corrected chi connectivity index (χ0v) is 12.2. The first kappa shape index (κ1) is 15.4. The molecular weight excluding hydrogens is 315 g/mol. The van der Waals surface area contributed by atoms with Crippen LogP contribution in [0.4, 0.5) is 10.1 Å². The van der Waals surface area contributed by atoms with Crippen LogP contribution in [0.15, 0.2) is 16.6 Å². The molecule has 1 rings (SSSR count). The number of nitrogens with zero attached hydrogens (tertiary/aromatic N) is 2. The van der Waals surface area contributed by atoms with E-state index < -0.39 is 17.7 Å². The Balaban J connectivity index is 3.10. The van der Waals surface area contributed by atoms with Crippen molar-refractivity contribution in [1.29, 1.82) is 5.26 Å². The number of carboxylic acids is 1. The molecule has 0 aliphatic carbocycles. The van der Waals surface area contributed by atoms with E-state index in [2.05, 4.69) is 15.9 Å². The number of hydrogen-bond acceptors (Lipinski definition) is 3. The number of benzene rings is 1. The van der Waals surface area contributed by atoms with Gasteiger partial charge in [-0.15, -0.1) is 0 Å². The Labute approximate surface area is 119 Å². The summed E-state index contributed by atoms with van der Waals surface area (Å²) in [6.07, 6.45) is 0.